The topological polar surface area (TPSA) is 39.2 Å². The van der Waals surface area contributed by atoms with Crippen molar-refractivity contribution in [2.45, 2.75) is 6.92 Å². The maximum absolute atomic E-state index is 12.3. The molecule has 0 spiro atoms. The number of fused-ring (bicyclic) bond motifs is 2. The van der Waals surface area contributed by atoms with E-state index in [2.05, 4.69) is 59.3 Å². The van der Waals surface area contributed by atoms with Crippen LogP contribution in [0.2, 0.25) is 0 Å². The zero-order valence-corrected chi connectivity index (χ0v) is 17.3. The molecule has 0 aliphatic carbocycles. The summed E-state index contributed by atoms with van der Waals surface area (Å²) in [5.41, 5.74) is 5.56. The van der Waals surface area contributed by atoms with Gasteiger partial charge in [-0.1, -0.05) is 48.5 Å². The van der Waals surface area contributed by atoms with Crippen LogP contribution in [0.1, 0.15) is 17.4 Å². The molecular formula is C26H19NO2S. The minimum absolute atomic E-state index is 0.325. The molecule has 0 saturated heterocycles. The van der Waals surface area contributed by atoms with Gasteiger partial charge in [-0.05, 0) is 69.4 Å². The minimum Gasteiger partial charge on any atom is -0.461 e. The Hall–Kier alpha value is -3.50. The van der Waals surface area contributed by atoms with Crippen LogP contribution in [0.25, 0.3) is 43.9 Å². The maximum atomic E-state index is 12.3. The molecule has 0 fully saturated rings. The summed E-state index contributed by atoms with van der Waals surface area (Å²) < 4.78 is 5.18. The minimum atomic E-state index is -0.398. The SMILES string of the molecule is CCOC(=O)c1ccc2cc(-c3ccsc3)cc(-c3cccc4ccccc34)c2n1. The molecule has 0 atom stereocenters. The van der Waals surface area contributed by atoms with Crippen molar-refractivity contribution < 1.29 is 9.53 Å². The van der Waals surface area contributed by atoms with Crippen LogP contribution < -0.4 is 0 Å². The third kappa shape index (κ3) is 3.25. The summed E-state index contributed by atoms with van der Waals surface area (Å²) in [7, 11) is 0. The maximum Gasteiger partial charge on any atom is 0.356 e. The Morgan fingerprint density at radius 2 is 1.77 bits per heavy atom. The second-order valence-corrected chi connectivity index (χ2v) is 7.83. The van der Waals surface area contributed by atoms with E-state index in [4.69, 9.17) is 9.72 Å². The molecule has 2 aromatic heterocycles. The first-order valence-corrected chi connectivity index (χ1v) is 10.8. The van der Waals surface area contributed by atoms with Gasteiger partial charge in [0, 0.05) is 10.9 Å². The predicted molar refractivity (Wildman–Crippen MR) is 124 cm³/mol. The number of carbonyl (C=O) groups excluding carboxylic acids is 1. The van der Waals surface area contributed by atoms with Crippen molar-refractivity contribution in [2.24, 2.45) is 0 Å². The number of esters is 1. The number of carbonyl (C=O) groups is 1. The zero-order chi connectivity index (χ0) is 20.5. The van der Waals surface area contributed by atoms with Gasteiger partial charge in [-0.25, -0.2) is 9.78 Å². The molecule has 5 aromatic rings. The molecule has 146 valence electrons. The Morgan fingerprint density at radius 3 is 2.60 bits per heavy atom. The van der Waals surface area contributed by atoms with E-state index in [1.807, 2.05) is 18.2 Å². The monoisotopic (exact) mass is 409 g/mol. The van der Waals surface area contributed by atoms with Crippen molar-refractivity contribution in [3.05, 3.63) is 89.3 Å². The van der Waals surface area contributed by atoms with Crippen LogP contribution in [0, 0.1) is 0 Å². The second-order valence-electron chi connectivity index (χ2n) is 7.05. The third-order valence-corrected chi connectivity index (χ3v) is 5.89. The lowest BCUT2D eigenvalue weighted by molar-refractivity contribution is 0.0520. The first-order valence-electron chi connectivity index (χ1n) is 9.87. The van der Waals surface area contributed by atoms with Crippen LogP contribution in [-0.4, -0.2) is 17.6 Å². The van der Waals surface area contributed by atoms with Crippen LogP contribution >= 0.6 is 11.3 Å². The number of benzene rings is 3. The van der Waals surface area contributed by atoms with E-state index in [-0.39, 0.29) is 0 Å². The quantitative estimate of drug-likeness (QED) is 0.301. The highest BCUT2D eigenvalue weighted by Crippen LogP contribution is 2.37. The third-order valence-electron chi connectivity index (χ3n) is 5.21. The molecule has 2 heterocycles. The van der Waals surface area contributed by atoms with E-state index < -0.39 is 5.97 Å². The summed E-state index contributed by atoms with van der Waals surface area (Å²) in [5, 5.41) is 7.56. The van der Waals surface area contributed by atoms with Crippen molar-refractivity contribution in [1.82, 2.24) is 4.98 Å². The molecule has 0 saturated carbocycles. The Morgan fingerprint density at radius 1 is 0.900 bits per heavy atom. The average Bonchev–Trinajstić information content (AvgIpc) is 3.33. The van der Waals surface area contributed by atoms with E-state index in [0.29, 0.717) is 12.3 Å². The van der Waals surface area contributed by atoms with Gasteiger partial charge >= 0.3 is 5.97 Å². The fourth-order valence-electron chi connectivity index (χ4n) is 3.81. The van der Waals surface area contributed by atoms with E-state index in [9.17, 15) is 4.79 Å². The van der Waals surface area contributed by atoms with Crippen LogP contribution in [0.5, 0.6) is 0 Å². The van der Waals surface area contributed by atoms with Gasteiger partial charge < -0.3 is 4.74 Å². The molecule has 0 aliphatic heterocycles. The normalized spacial score (nSPS) is 11.1. The number of thiophene rings is 1. The lowest BCUT2D eigenvalue weighted by atomic mass is 9.93. The number of hydrogen-bond acceptors (Lipinski definition) is 4. The van der Waals surface area contributed by atoms with Gasteiger partial charge in [0.25, 0.3) is 0 Å². The Labute approximate surface area is 178 Å². The van der Waals surface area contributed by atoms with Crippen LogP contribution in [-0.2, 0) is 4.74 Å². The first-order chi connectivity index (χ1) is 14.7. The van der Waals surface area contributed by atoms with Crippen molar-refractivity contribution in [3.8, 4) is 22.3 Å². The highest BCUT2D eigenvalue weighted by molar-refractivity contribution is 7.08. The molecule has 0 N–H and O–H groups in total. The van der Waals surface area contributed by atoms with E-state index >= 15 is 0 Å². The van der Waals surface area contributed by atoms with Gasteiger partial charge in [0.05, 0.1) is 12.1 Å². The molecule has 3 aromatic carbocycles. The highest BCUT2D eigenvalue weighted by Gasteiger charge is 2.15. The Balaban J connectivity index is 1.82. The lowest BCUT2D eigenvalue weighted by Crippen LogP contribution is -2.07. The van der Waals surface area contributed by atoms with Crippen molar-refractivity contribution in [2.75, 3.05) is 6.61 Å². The van der Waals surface area contributed by atoms with Gasteiger partial charge in [0.2, 0.25) is 0 Å². The summed E-state index contributed by atoms with van der Waals surface area (Å²) in [6.45, 7) is 2.12. The predicted octanol–water partition coefficient (Wildman–Crippen LogP) is 6.96. The summed E-state index contributed by atoms with van der Waals surface area (Å²) >= 11 is 1.68. The standard InChI is InChI=1S/C26H19NO2S/c1-2-29-26(28)24-11-10-18-14-20(19-12-13-30-16-19)15-23(25(18)27-24)22-9-5-7-17-6-3-4-8-21(17)22/h3-16H,2H2,1H3. The largest absolute Gasteiger partial charge is 0.461 e. The smallest absolute Gasteiger partial charge is 0.356 e. The molecule has 0 amide bonds. The second kappa shape index (κ2) is 7.73. The van der Waals surface area contributed by atoms with Crippen LogP contribution in [0.15, 0.2) is 83.6 Å². The molecule has 4 heteroatoms. The van der Waals surface area contributed by atoms with Gasteiger partial charge in [-0.3, -0.25) is 0 Å². The Kier molecular flexibility index (Phi) is 4.77. The molecular weight excluding hydrogens is 390 g/mol. The average molecular weight is 410 g/mol. The van der Waals surface area contributed by atoms with Gasteiger partial charge in [-0.2, -0.15) is 11.3 Å². The van der Waals surface area contributed by atoms with E-state index in [1.165, 1.54) is 10.9 Å². The van der Waals surface area contributed by atoms with Gasteiger partial charge in [0.1, 0.15) is 5.69 Å². The summed E-state index contributed by atoms with van der Waals surface area (Å²) in [4.78, 5) is 17.0. The van der Waals surface area contributed by atoms with Crippen molar-refractivity contribution in [3.63, 3.8) is 0 Å². The van der Waals surface area contributed by atoms with E-state index in [1.54, 1.807) is 24.3 Å². The number of hydrogen-bond donors (Lipinski definition) is 0. The van der Waals surface area contributed by atoms with Crippen molar-refractivity contribution in [1.29, 1.82) is 0 Å². The number of ether oxygens (including phenoxy) is 1. The number of pyridine rings is 1. The molecule has 0 bridgehead atoms. The number of rotatable bonds is 4. The summed E-state index contributed by atoms with van der Waals surface area (Å²) in [6, 6.07) is 24.8. The molecule has 5 rings (SSSR count). The van der Waals surface area contributed by atoms with Gasteiger partial charge in [0.15, 0.2) is 0 Å². The molecule has 0 unspecified atom stereocenters. The lowest BCUT2D eigenvalue weighted by Gasteiger charge is -2.13. The fraction of sp³-hybridized carbons (Fsp3) is 0.0769. The fourth-order valence-corrected chi connectivity index (χ4v) is 4.48. The van der Waals surface area contributed by atoms with Crippen LogP contribution in [0.3, 0.4) is 0 Å². The first kappa shape index (κ1) is 18.5. The number of nitrogens with zero attached hydrogens (tertiary/aromatic N) is 1. The number of aromatic nitrogens is 1. The molecule has 3 nitrogen and oxygen atoms in total. The van der Waals surface area contributed by atoms with Crippen LogP contribution in [0.4, 0.5) is 0 Å². The Bertz CT molecular complexity index is 1370. The zero-order valence-electron chi connectivity index (χ0n) is 16.5. The molecule has 0 aliphatic rings. The summed E-state index contributed by atoms with van der Waals surface area (Å²) in [5.74, 6) is -0.398. The molecule has 0 radical (unpaired) electrons. The highest BCUT2D eigenvalue weighted by atomic mass is 32.1. The summed E-state index contributed by atoms with van der Waals surface area (Å²) in [6.07, 6.45) is 0. The molecule has 30 heavy (non-hydrogen) atoms. The van der Waals surface area contributed by atoms with Gasteiger partial charge in [-0.15, -0.1) is 0 Å². The van der Waals surface area contributed by atoms with Crippen molar-refractivity contribution >= 4 is 39.0 Å². The van der Waals surface area contributed by atoms with E-state index in [0.717, 1.165) is 33.0 Å².